The van der Waals surface area contributed by atoms with Crippen LogP contribution in [0.2, 0.25) is 0 Å². The molecule has 0 aliphatic rings. The number of benzene rings is 2. The Balaban J connectivity index is 1.25. The van der Waals surface area contributed by atoms with Crippen molar-refractivity contribution in [2.75, 3.05) is 5.32 Å². The first-order valence-electron chi connectivity index (χ1n) is 10.2. The minimum Gasteiger partial charge on any atom is -0.332 e. The predicted molar refractivity (Wildman–Crippen MR) is 128 cm³/mol. The number of rotatable bonds is 8. The summed E-state index contributed by atoms with van der Waals surface area (Å²) in [5.74, 6) is -0.446. The Kier molecular flexibility index (Phi) is 6.87. The van der Waals surface area contributed by atoms with Gasteiger partial charge in [-0.1, -0.05) is 30.7 Å². The lowest BCUT2D eigenvalue weighted by Gasteiger charge is -2.08. The van der Waals surface area contributed by atoms with Gasteiger partial charge in [0.2, 0.25) is 5.91 Å². The third-order valence-electron chi connectivity index (χ3n) is 5.05. The molecule has 0 aliphatic heterocycles. The predicted octanol–water partition coefficient (Wildman–Crippen LogP) is 5.52. The second-order valence-electron chi connectivity index (χ2n) is 7.34. The molecule has 0 saturated heterocycles. The summed E-state index contributed by atoms with van der Waals surface area (Å²) in [7, 11) is 0. The summed E-state index contributed by atoms with van der Waals surface area (Å²) in [6, 6.07) is 13.5. The Morgan fingerprint density at radius 1 is 1.16 bits per heavy atom. The number of unbranched alkanes of at least 4 members (excludes halogenated alkanes) is 2. The standard InChI is InChI=1S/C23H21FN4O2S2/c24-16-8-6-7-15(13-16)19-14-32-22(25-19)27-20(29)11-2-1-5-12-28-21(30)17-9-3-4-10-18(17)26-23(28)31/h3-4,6-10,13-14H,1-2,5,11-12H2,(H,26,31)(H,25,27,29). The molecule has 2 heterocycles. The molecule has 0 radical (unpaired) electrons. The maximum absolute atomic E-state index is 13.4. The van der Waals surface area contributed by atoms with Gasteiger partial charge < -0.3 is 10.3 Å². The van der Waals surface area contributed by atoms with Crippen LogP contribution in [0.1, 0.15) is 25.7 Å². The molecule has 0 fully saturated rings. The molecule has 32 heavy (non-hydrogen) atoms. The Labute approximate surface area is 192 Å². The van der Waals surface area contributed by atoms with Gasteiger partial charge in [-0.3, -0.25) is 14.2 Å². The molecule has 4 aromatic rings. The third-order valence-corrected chi connectivity index (χ3v) is 6.13. The number of hydrogen-bond donors (Lipinski definition) is 2. The van der Waals surface area contributed by atoms with Crippen LogP contribution < -0.4 is 10.9 Å². The van der Waals surface area contributed by atoms with E-state index in [2.05, 4.69) is 15.3 Å². The number of H-pyrrole nitrogens is 1. The summed E-state index contributed by atoms with van der Waals surface area (Å²) < 4.78 is 15.4. The van der Waals surface area contributed by atoms with E-state index in [0.29, 0.717) is 45.9 Å². The van der Waals surface area contributed by atoms with Crippen LogP contribution >= 0.6 is 23.6 Å². The zero-order valence-electron chi connectivity index (χ0n) is 17.1. The first kappa shape index (κ1) is 22.0. The summed E-state index contributed by atoms with van der Waals surface area (Å²) in [6.07, 6.45) is 2.57. The van der Waals surface area contributed by atoms with Crippen LogP contribution in [0, 0.1) is 10.6 Å². The summed E-state index contributed by atoms with van der Waals surface area (Å²) >= 11 is 6.63. The van der Waals surface area contributed by atoms with E-state index in [1.165, 1.54) is 23.5 Å². The van der Waals surface area contributed by atoms with Crippen molar-refractivity contribution < 1.29 is 9.18 Å². The van der Waals surface area contributed by atoms with Gasteiger partial charge >= 0.3 is 0 Å². The molecule has 9 heteroatoms. The van der Waals surface area contributed by atoms with E-state index in [4.69, 9.17) is 12.2 Å². The molecule has 2 aromatic heterocycles. The van der Waals surface area contributed by atoms with Gasteiger partial charge in [-0.05, 0) is 49.3 Å². The van der Waals surface area contributed by atoms with Crippen LogP contribution in [0.25, 0.3) is 22.2 Å². The summed E-state index contributed by atoms with van der Waals surface area (Å²) in [6.45, 7) is 0.504. The Hall–Kier alpha value is -3.17. The SMILES string of the molecule is O=C(CCCCCn1c(=S)[nH]c2ccccc2c1=O)Nc1nc(-c2cccc(F)c2)cs1. The van der Waals surface area contributed by atoms with Crippen molar-refractivity contribution in [2.45, 2.75) is 32.2 Å². The van der Waals surface area contributed by atoms with Gasteiger partial charge in [0, 0.05) is 23.9 Å². The van der Waals surface area contributed by atoms with Crippen molar-refractivity contribution in [3.05, 3.63) is 74.9 Å². The minimum atomic E-state index is -0.326. The zero-order chi connectivity index (χ0) is 22.5. The van der Waals surface area contributed by atoms with Gasteiger partial charge in [0.1, 0.15) is 5.82 Å². The number of halogens is 1. The number of fused-ring (bicyclic) bond motifs is 1. The number of aromatic nitrogens is 3. The molecule has 0 spiro atoms. The van der Waals surface area contributed by atoms with Crippen LogP contribution in [-0.2, 0) is 11.3 Å². The van der Waals surface area contributed by atoms with Gasteiger partial charge in [0.25, 0.3) is 5.56 Å². The molecule has 2 aromatic carbocycles. The molecular weight excluding hydrogens is 447 g/mol. The van der Waals surface area contributed by atoms with Crippen molar-refractivity contribution in [1.29, 1.82) is 0 Å². The van der Waals surface area contributed by atoms with E-state index >= 15 is 0 Å². The number of carbonyl (C=O) groups is 1. The van der Waals surface area contributed by atoms with E-state index in [0.717, 1.165) is 18.4 Å². The number of hydrogen-bond acceptors (Lipinski definition) is 5. The van der Waals surface area contributed by atoms with Crippen molar-refractivity contribution in [3.8, 4) is 11.3 Å². The van der Waals surface area contributed by atoms with Crippen LogP contribution in [0.15, 0.2) is 58.7 Å². The molecule has 0 atom stereocenters. The normalized spacial score (nSPS) is 11.0. The van der Waals surface area contributed by atoms with E-state index in [1.807, 2.05) is 18.2 Å². The van der Waals surface area contributed by atoms with Crippen molar-refractivity contribution in [3.63, 3.8) is 0 Å². The lowest BCUT2D eigenvalue weighted by molar-refractivity contribution is -0.116. The fraction of sp³-hybridized carbons (Fsp3) is 0.217. The number of amides is 1. The fourth-order valence-corrected chi connectivity index (χ4v) is 4.45. The number of thiazole rings is 1. The van der Waals surface area contributed by atoms with E-state index in [-0.39, 0.29) is 17.3 Å². The minimum absolute atomic E-state index is 0.0973. The van der Waals surface area contributed by atoms with Crippen LogP contribution in [0.5, 0.6) is 0 Å². The quantitative estimate of drug-likeness (QED) is 0.264. The lowest BCUT2D eigenvalue weighted by atomic mass is 10.2. The van der Waals surface area contributed by atoms with Crippen LogP contribution in [-0.4, -0.2) is 20.4 Å². The number of para-hydroxylation sites is 1. The summed E-state index contributed by atoms with van der Waals surface area (Å²) in [5.41, 5.74) is 1.93. The second-order valence-corrected chi connectivity index (χ2v) is 8.58. The summed E-state index contributed by atoms with van der Waals surface area (Å²) in [4.78, 5) is 32.3. The molecule has 4 rings (SSSR count). The summed E-state index contributed by atoms with van der Waals surface area (Å²) in [5, 5.41) is 5.68. The molecule has 0 saturated carbocycles. The van der Waals surface area contributed by atoms with Gasteiger partial charge in [-0.2, -0.15) is 0 Å². The molecule has 0 aliphatic carbocycles. The molecule has 164 valence electrons. The fourth-order valence-electron chi connectivity index (χ4n) is 3.43. The van der Waals surface area contributed by atoms with Crippen molar-refractivity contribution >= 4 is 45.5 Å². The maximum atomic E-state index is 13.4. The molecule has 0 unspecified atom stereocenters. The molecular formula is C23H21FN4O2S2. The lowest BCUT2D eigenvalue weighted by Crippen LogP contribution is -2.22. The Morgan fingerprint density at radius 3 is 2.84 bits per heavy atom. The highest BCUT2D eigenvalue weighted by molar-refractivity contribution is 7.71. The first-order valence-corrected chi connectivity index (χ1v) is 11.5. The highest BCUT2D eigenvalue weighted by Crippen LogP contribution is 2.25. The highest BCUT2D eigenvalue weighted by Gasteiger charge is 2.09. The number of aromatic amines is 1. The number of carbonyl (C=O) groups excluding carboxylic acids is 1. The largest absolute Gasteiger partial charge is 0.332 e. The third kappa shape index (κ3) is 5.17. The second kappa shape index (κ2) is 9.97. The van der Waals surface area contributed by atoms with Crippen LogP contribution in [0.3, 0.4) is 0 Å². The van der Waals surface area contributed by atoms with Gasteiger partial charge in [-0.25, -0.2) is 9.37 Å². The Bertz CT molecular complexity index is 1380. The zero-order valence-corrected chi connectivity index (χ0v) is 18.8. The van der Waals surface area contributed by atoms with Crippen LogP contribution in [0.4, 0.5) is 9.52 Å². The maximum Gasteiger partial charge on any atom is 0.262 e. The number of nitrogens with zero attached hydrogens (tertiary/aromatic N) is 2. The first-order chi connectivity index (χ1) is 15.5. The average Bonchev–Trinajstić information content (AvgIpc) is 3.24. The molecule has 0 bridgehead atoms. The smallest absolute Gasteiger partial charge is 0.262 e. The van der Waals surface area contributed by atoms with E-state index < -0.39 is 0 Å². The Morgan fingerprint density at radius 2 is 2.00 bits per heavy atom. The number of anilines is 1. The van der Waals surface area contributed by atoms with Crippen molar-refractivity contribution in [1.82, 2.24) is 14.5 Å². The monoisotopic (exact) mass is 468 g/mol. The van der Waals surface area contributed by atoms with Gasteiger partial charge in [-0.15, -0.1) is 11.3 Å². The van der Waals surface area contributed by atoms with Gasteiger partial charge in [0.05, 0.1) is 16.6 Å². The highest BCUT2D eigenvalue weighted by atomic mass is 32.1. The number of nitrogens with one attached hydrogen (secondary N) is 2. The molecule has 2 N–H and O–H groups in total. The molecule has 1 amide bonds. The molecule has 6 nitrogen and oxygen atoms in total. The van der Waals surface area contributed by atoms with Gasteiger partial charge in [0.15, 0.2) is 9.90 Å². The van der Waals surface area contributed by atoms with E-state index in [9.17, 15) is 14.0 Å². The van der Waals surface area contributed by atoms with E-state index in [1.54, 1.807) is 28.1 Å². The average molecular weight is 469 g/mol. The van der Waals surface area contributed by atoms with Crippen molar-refractivity contribution in [2.24, 2.45) is 0 Å². The topological polar surface area (TPSA) is 79.8 Å².